The van der Waals surface area contributed by atoms with Crippen LogP contribution in [0.1, 0.15) is 34.5 Å². The number of aryl methyl sites for hydroxylation is 1. The van der Waals surface area contributed by atoms with E-state index in [1.807, 2.05) is 49.4 Å². The van der Waals surface area contributed by atoms with Gasteiger partial charge in [0.2, 0.25) is 0 Å². The topological polar surface area (TPSA) is 87.7 Å². The van der Waals surface area contributed by atoms with Gasteiger partial charge in [-0.1, -0.05) is 48.5 Å². The minimum Gasteiger partial charge on any atom is -0.483 e. The van der Waals surface area contributed by atoms with Gasteiger partial charge in [0, 0.05) is 11.3 Å². The van der Waals surface area contributed by atoms with Gasteiger partial charge in [0.15, 0.2) is 0 Å². The van der Waals surface area contributed by atoms with Crippen LogP contribution in [0, 0.1) is 6.92 Å². The number of carbonyl (C=O) groups excluding carboxylic acids is 2. The summed E-state index contributed by atoms with van der Waals surface area (Å²) in [7, 11) is 0. The van der Waals surface area contributed by atoms with E-state index in [0.717, 1.165) is 11.1 Å². The predicted octanol–water partition coefficient (Wildman–Crippen LogP) is 4.46. The van der Waals surface area contributed by atoms with E-state index in [1.165, 1.54) is 0 Å². The summed E-state index contributed by atoms with van der Waals surface area (Å²) in [5.74, 6) is 0.0832. The van der Waals surface area contributed by atoms with Crippen LogP contribution in [-0.2, 0) is 0 Å². The van der Waals surface area contributed by atoms with Crippen LogP contribution in [0.2, 0.25) is 0 Å². The third kappa shape index (κ3) is 5.46. The number of nitrogens with one attached hydrogen (secondary N) is 2. The van der Waals surface area contributed by atoms with E-state index in [-0.39, 0.29) is 0 Å². The molecule has 0 bridgehead atoms. The van der Waals surface area contributed by atoms with Crippen molar-refractivity contribution in [1.29, 1.82) is 0 Å². The van der Waals surface area contributed by atoms with E-state index in [4.69, 9.17) is 4.74 Å². The average molecular weight is 404 g/mol. The Morgan fingerprint density at radius 2 is 1.53 bits per heavy atom. The number of rotatable bonds is 6. The highest BCUT2D eigenvalue weighted by atomic mass is 16.5. The number of benzene rings is 3. The van der Waals surface area contributed by atoms with E-state index in [0.29, 0.717) is 17.0 Å². The molecule has 0 aliphatic heterocycles. The number of imide groups is 1. The molecule has 3 rings (SSSR count). The van der Waals surface area contributed by atoms with Gasteiger partial charge in [-0.3, -0.25) is 10.1 Å². The quantitative estimate of drug-likeness (QED) is 0.566. The number of anilines is 1. The Balaban J connectivity index is 1.60. The van der Waals surface area contributed by atoms with Gasteiger partial charge in [-0.25, -0.2) is 4.79 Å². The minimum absolute atomic E-state index is 0.446. The van der Waals surface area contributed by atoms with E-state index in [1.54, 1.807) is 43.3 Å². The number of urea groups is 1. The Hall–Kier alpha value is -3.64. The molecule has 0 saturated carbocycles. The van der Waals surface area contributed by atoms with Gasteiger partial charge in [0.25, 0.3) is 5.91 Å². The number of hydrogen-bond acceptors (Lipinski definition) is 4. The first kappa shape index (κ1) is 21.1. The number of hydrogen-bond donors (Lipinski definition) is 3. The third-order valence-electron chi connectivity index (χ3n) is 4.56. The lowest BCUT2D eigenvalue weighted by atomic mass is 10.1. The van der Waals surface area contributed by atoms with Crippen LogP contribution in [0.4, 0.5) is 10.5 Å². The summed E-state index contributed by atoms with van der Waals surface area (Å²) in [6.07, 6.45) is -1.22. The molecule has 0 heterocycles. The first-order valence-electron chi connectivity index (χ1n) is 9.62. The molecule has 0 fully saturated rings. The molecule has 6 nitrogen and oxygen atoms in total. The molecule has 6 heteroatoms. The fourth-order valence-electron chi connectivity index (χ4n) is 3.01. The van der Waals surface area contributed by atoms with Crippen LogP contribution in [-0.4, -0.2) is 23.1 Å². The van der Waals surface area contributed by atoms with E-state index in [9.17, 15) is 14.7 Å². The molecule has 0 aliphatic carbocycles. The molecule has 2 unspecified atom stereocenters. The first-order valence-corrected chi connectivity index (χ1v) is 9.62. The second-order valence-corrected chi connectivity index (χ2v) is 6.94. The van der Waals surface area contributed by atoms with Crippen LogP contribution in [0.25, 0.3) is 0 Å². The fraction of sp³-hybridized carbons (Fsp3) is 0.167. The minimum atomic E-state index is -0.705. The lowest BCUT2D eigenvalue weighted by Crippen LogP contribution is -2.34. The molecule has 3 aromatic rings. The molecule has 0 aliphatic rings. The molecule has 30 heavy (non-hydrogen) atoms. The molecule has 154 valence electrons. The molecule has 0 saturated heterocycles. The van der Waals surface area contributed by atoms with Gasteiger partial charge >= 0.3 is 6.03 Å². The maximum atomic E-state index is 12.2. The molecular formula is C24H24N2O4. The summed E-state index contributed by atoms with van der Waals surface area (Å²) in [6, 6.07) is 22.6. The van der Waals surface area contributed by atoms with Crippen molar-refractivity contribution in [2.75, 3.05) is 5.32 Å². The van der Waals surface area contributed by atoms with Gasteiger partial charge in [-0.2, -0.15) is 0 Å². The zero-order valence-electron chi connectivity index (χ0n) is 16.8. The summed E-state index contributed by atoms with van der Waals surface area (Å²) in [4.78, 5) is 24.4. The highest BCUT2D eigenvalue weighted by Crippen LogP contribution is 2.26. The maximum absolute atomic E-state index is 12.2. The van der Waals surface area contributed by atoms with Crippen molar-refractivity contribution in [2.24, 2.45) is 0 Å². The highest BCUT2D eigenvalue weighted by Gasteiger charge is 2.19. The van der Waals surface area contributed by atoms with Crippen molar-refractivity contribution in [1.82, 2.24) is 5.32 Å². The largest absolute Gasteiger partial charge is 0.483 e. The number of aliphatic hydroxyl groups is 1. The number of carbonyl (C=O) groups is 2. The van der Waals surface area contributed by atoms with Crippen LogP contribution in [0.5, 0.6) is 5.75 Å². The van der Waals surface area contributed by atoms with E-state index >= 15 is 0 Å². The lowest BCUT2D eigenvalue weighted by Gasteiger charge is -2.22. The Bertz CT molecular complexity index is 1000. The van der Waals surface area contributed by atoms with Crippen LogP contribution < -0.4 is 15.4 Å². The maximum Gasteiger partial charge on any atom is 0.326 e. The van der Waals surface area contributed by atoms with Crippen molar-refractivity contribution in [3.05, 3.63) is 95.6 Å². The lowest BCUT2D eigenvalue weighted by molar-refractivity contribution is 0.0481. The second-order valence-electron chi connectivity index (χ2n) is 6.94. The van der Waals surface area contributed by atoms with E-state index in [2.05, 4.69) is 10.6 Å². The van der Waals surface area contributed by atoms with Crippen LogP contribution >= 0.6 is 0 Å². The molecule has 0 radical (unpaired) electrons. The molecule has 3 N–H and O–H groups in total. The summed E-state index contributed by atoms with van der Waals surface area (Å²) in [5, 5.41) is 15.0. The molecule has 3 aromatic carbocycles. The Morgan fingerprint density at radius 1 is 0.900 bits per heavy atom. The van der Waals surface area contributed by atoms with Crippen molar-refractivity contribution >= 4 is 17.6 Å². The van der Waals surface area contributed by atoms with Gasteiger partial charge < -0.3 is 15.2 Å². The Labute approximate surface area is 175 Å². The van der Waals surface area contributed by atoms with E-state index < -0.39 is 24.1 Å². The smallest absolute Gasteiger partial charge is 0.326 e. The van der Waals surface area contributed by atoms with Gasteiger partial charge in [0.05, 0.1) is 6.10 Å². The number of amides is 3. The predicted molar refractivity (Wildman–Crippen MR) is 116 cm³/mol. The highest BCUT2D eigenvalue weighted by molar-refractivity contribution is 6.08. The summed E-state index contributed by atoms with van der Waals surface area (Å²) < 4.78 is 5.93. The summed E-state index contributed by atoms with van der Waals surface area (Å²) in [6.45, 7) is 3.48. The average Bonchev–Trinajstić information content (AvgIpc) is 2.73. The summed E-state index contributed by atoms with van der Waals surface area (Å²) in [5.41, 5.74) is 2.60. The van der Waals surface area contributed by atoms with Crippen molar-refractivity contribution in [3.63, 3.8) is 0 Å². The molecule has 0 aromatic heterocycles. The third-order valence-corrected chi connectivity index (χ3v) is 4.56. The van der Waals surface area contributed by atoms with Crippen molar-refractivity contribution < 1.29 is 19.4 Å². The molecule has 0 spiro atoms. The van der Waals surface area contributed by atoms with Gasteiger partial charge in [0.1, 0.15) is 11.9 Å². The first-order chi connectivity index (χ1) is 14.4. The van der Waals surface area contributed by atoms with Gasteiger partial charge in [-0.05, 0) is 55.3 Å². The van der Waals surface area contributed by atoms with Crippen LogP contribution in [0.3, 0.4) is 0 Å². The summed E-state index contributed by atoms with van der Waals surface area (Å²) >= 11 is 0. The zero-order valence-corrected chi connectivity index (χ0v) is 16.8. The van der Waals surface area contributed by atoms with Crippen LogP contribution in [0.15, 0.2) is 78.9 Å². The molecular weight excluding hydrogens is 380 g/mol. The normalized spacial score (nSPS) is 12.5. The Kier molecular flexibility index (Phi) is 6.83. The molecule has 3 amide bonds. The van der Waals surface area contributed by atoms with Gasteiger partial charge in [-0.15, -0.1) is 0 Å². The monoisotopic (exact) mass is 404 g/mol. The molecule has 2 atom stereocenters. The standard InChI is InChI=1S/C24H24N2O4/c1-16-8-6-7-11-21(16)23(28)26-24(29)25-19-12-14-20(15-13-19)30-22(17(2)27)18-9-4-3-5-10-18/h3-15,17,22,27H,1-2H3,(H2,25,26,28,29). The second kappa shape index (κ2) is 9.71. The van der Waals surface area contributed by atoms with Crippen molar-refractivity contribution in [3.8, 4) is 5.75 Å². The fourth-order valence-corrected chi connectivity index (χ4v) is 3.01. The SMILES string of the molecule is Cc1ccccc1C(=O)NC(=O)Nc1ccc(OC(c2ccccc2)C(C)O)cc1. The zero-order chi connectivity index (χ0) is 21.5. The van der Waals surface area contributed by atoms with Crippen molar-refractivity contribution in [2.45, 2.75) is 26.1 Å². The Morgan fingerprint density at radius 3 is 2.17 bits per heavy atom. The number of aliphatic hydroxyl groups excluding tert-OH is 1. The number of ether oxygens (including phenoxy) is 1.